The maximum absolute atomic E-state index is 15.1. The zero-order chi connectivity index (χ0) is 20.3. The van der Waals surface area contributed by atoms with Gasteiger partial charge in [-0.15, -0.1) is 0 Å². The molecule has 1 aromatic carbocycles. The van der Waals surface area contributed by atoms with Crippen LogP contribution in [0.25, 0.3) is 0 Å². The van der Waals surface area contributed by atoms with Gasteiger partial charge in [-0.2, -0.15) is 0 Å². The molecule has 1 aliphatic rings. The maximum atomic E-state index is 15.1. The average Bonchev–Trinajstić information content (AvgIpc) is 2.67. The molecule has 0 spiro atoms. The van der Waals surface area contributed by atoms with E-state index in [9.17, 15) is 9.18 Å². The number of piperidine rings is 1. The third-order valence-corrected chi connectivity index (χ3v) is 5.40. The predicted molar refractivity (Wildman–Crippen MR) is 104 cm³/mol. The van der Waals surface area contributed by atoms with Crippen molar-refractivity contribution in [2.24, 2.45) is 0 Å². The van der Waals surface area contributed by atoms with Crippen molar-refractivity contribution in [3.63, 3.8) is 0 Å². The van der Waals surface area contributed by atoms with E-state index < -0.39 is 11.5 Å². The summed E-state index contributed by atoms with van der Waals surface area (Å²) in [5.41, 5.74) is 0.846. The predicted octanol–water partition coefficient (Wildman–Crippen LogP) is 3.62. The Morgan fingerprint density at radius 2 is 2.04 bits per heavy atom. The Morgan fingerprint density at radius 1 is 1.32 bits per heavy atom. The van der Waals surface area contributed by atoms with Crippen LogP contribution in [-0.2, 0) is 6.54 Å². The van der Waals surface area contributed by atoms with Crippen LogP contribution in [0.1, 0.15) is 40.3 Å². The molecule has 1 aliphatic heterocycles. The van der Waals surface area contributed by atoms with Gasteiger partial charge in [0.1, 0.15) is 17.3 Å². The summed E-state index contributed by atoms with van der Waals surface area (Å²) in [6, 6.07) is 3.87. The van der Waals surface area contributed by atoms with Crippen LogP contribution in [0.2, 0.25) is 5.02 Å². The molecule has 0 unspecified atom stereocenters. The number of rotatable bonds is 5. The summed E-state index contributed by atoms with van der Waals surface area (Å²) < 4.78 is 28.3. The summed E-state index contributed by atoms with van der Waals surface area (Å²) in [6.07, 6.45) is 2.22. The zero-order valence-electron chi connectivity index (χ0n) is 15.9. The number of hydrogen-bond acceptors (Lipinski definition) is 4. The molecule has 28 heavy (non-hydrogen) atoms. The monoisotopic (exact) mass is 408 g/mol. The molecule has 2 heterocycles. The van der Waals surface area contributed by atoms with Crippen LogP contribution in [0.5, 0.6) is 0 Å². The van der Waals surface area contributed by atoms with Crippen molar-refractivity contribution in [3.8, 4) is 0 Å². The van der Waals surface area contributed by atoms with Gasteiger partial charge in [-0.3, -0.25) is 4.79 Å². The SMILES string of the molecule is Cc1cnc(CNCC2(F)CCN(C(=O)c3ccc(F)c(Cl)c3)CC2)nc1C. The highest BCUT2D eigenvalue weighted by molar-refractivity contribution is 6.31. The van der Waals surface area contributed by atoms with Crippen molar-refractivity contribution in [2.45, 2.75) is 38.9 Å². The highest BCUT2D eigenvalue weighted by atomic mass is 35.5. The van der Waals surface area contributed by atoms with Crippen molar-refractivity contribution in [3.05, 3.63) is 57.9 Å². The Morgan fingerprint density at radius 3 is 2.68 bits per heavy atom. The lowest BCUT2D eigenvalue weighted by molar-refractivity contribution is 0.0434. The van der Waals surface area contributed by atoms with Crippen LogP contribution in [-0.4, -0.2) is 46.1 Å². The Bertz CT molecular complexity index is 869. The Hall–Kier alpha value is -2.12. The minimum absolute atomic E-state index is 0.0968. The quantitative estimate of drug-likeness (QED) is 0.821. The van der Waals surface area contributed by atoms with Gasteiger partial charge in [0.25, 0.3) is 5.91 Å². The van der Waals surface area contributed by atoms with E-state index in [1.54, 1.807) is 11.1 Å². The molecule has 0 bridgehead atoms. The first-order valence-corrected chi connectivity index (χ1v) is 9.58. The third-order valence-electron chi connectivity index (χ3n) is 5.11. The Balaban J connectivity index is 1.51. The number of hydrogen-bond donors (Lipinski definition) is 1. The molecule has 1 saturated heterocycles. The van der Waals surface area contributed by atoms with Crippen LogP contribution in [0.4, 0.5) is 8.78 Å². The number of carbonyl (C=O) groups excluding carboxylic acids is 1. The molecule has 3 rings (SSSR count). The minimum atomic E-state index is -1.39. The van der Waals surface area contributed by atoms with E-state index in [4.69, 9.17) is 11.6 Å². The number of carbonyl (C=O) groups is 1. The average molecular weight is 409 g/mol. The second kappa shape index (κ2) is 8.49. The minimum Gasteiger partial charge on any atom is -0.338 e. The first-order valence-electron chi connectivity index (χ1n) is 9.20. The first-order chi connectivity index (χ1) is 13.3. The number of alkyl halides is 1. The lowest BCUT2D eigenvalue weighted by Crippen LogP contribution is -2.48. The standard InChI is InChI=1S/C20H23ClF2N4O/c1-13-10-25-18(26-14(13)2)11-24-12-20(23)5-7-27(8-6-20)19(28)15-3-4-17(22)16(21)9-15/h3-4,9-10,24H,5-8,11-12H2,1-2H3. The molecule has 1 fully saturated rings. The summed E-state index contributed by atoms with van der Waals surface area (Å²) in [4.78, 5) is 22.7. The van der Waals surface area contributed by atoms with Crippen molar-refractivity contribution in [1.82, 2.24) is 20.2 Å². The van der Waals surface area contributed by atoms with Crippen LogP contribution in [0.3, 0.4) is 0 Å². The van der Waals surface area contributed by atoms with E-state index >= 15 is 4.39 Å². The molecule has 0 aliphatic carbocycles. The lowest BCUT2D eigenvalue weighted by Gasteiger charge is -2.36. The second-order valence-electron chi connectivity index (χ2n) is 7.23. The smallest absolute Gasteiger partial charge is 0.253 e. The van der Waals surface area contributed by atoms with Crippen LogP contribution >= 0.6 is 11.6 Å². The molecular formula is C20H23ClF2N4O. The number of nitrogens with one attached hydrogen (secondary N) is 1. The van der Waals surface area contributed by atoms with Gasteiger partial charge in [0, 0.05) is 49.9 Å². The van der Waals surface area contributed by atoms with E-state index in [2.05, 4.69) is 15.3 Å². The van der Waals surface area contributed by atoms with Crippen LogP contribution < -0.4 is 5.32 Å². The van der Waals surface area contributed by atoms with Crippen molar-refractivity contribution < 1.29 is 13.6 Å². The molecular weight excluding hydrogens is 386 g/mol. The highest BCUT2D eigenvalue weighted by Gasteiger charge is 2.36. The lowest BCUT2D eigenvalue weighted by atomic mass is 9.92. The van der Waals surface area contributed by atoms with E-state index in [1.807, 2.05) is 13.8 Å². The van der Waals surface area contributed by atoms with Gasteiger partial charge < -0.3 is 10.2 Å². The Kier molecular flexibility index (Phi) is 6.25. The molecule has 150 valence electrons. The molecule has 1 amide bonds. The third kappa shape index (κ3) is 4.83. The fourth-order valence-electron chi connectivity index (χ4n) is 3.16. The molecule has 8 heteroatoms. The summed E-state index contributed by atoms with van der Waals surface area (Å²) in [7, 11) is 0. The highest BCUT2D eigenvalue weighted by Crippen LogP contribution is 2.27. The largest absolute Gasteiger partial charge is 0.338 e. The first kappa shape index (κ1) is 20.6. The van der Waals surface area contributed by atoms with Gasteiger partial charge in [-0.1, -0.05) is 11.6 Å². The molecule has 0 atom stereocenters. The number of aryl methyl sites for hydroxylation is 2. The van der Waals surface area contributed by atoms with Crippen LogP contribution in [0.15, 0.2) is 24.4 Å². The van der Waals surface area contributed by atoms with Gasteiger partial charge in [0.05, 0.1) is 11.6 Å². The van der Waals surface area contributed by atoms with Gasteiger partial charge in [0.15, 0.2) is 0 Å². The topological polar surface area (TPSA) is 58.1 Å². The molecule has 5 nitrogen and oxygen atoms in total. The number of aromatic nitrogens is 2. The van der Waals surface area contributed by atoms with Gasteiger partial charge >= 0.3 is 0 Å². The number of nitrogens with zero attached hydrogens (tertiary/aromatic N) is 3. The summed E-state index contributed by atoms with van der Waals surface area (Å²) >= 11 is 5.74. The van der Waals surface area contributed by atoms with Crippen molar-refractivity contribution in [1.29, 1.82) is 0 Å². The number of halogens is 3. The summed E-state index contributed by atoms with van der Waals surface area (Å²) in [5, 5.41) is 2.99. The van der Waals surface area contributed by atoms with E-state index in [-0.39, 0.29) is 30.3 Å². The summed E-state index contributed by atoms with van der Waals surface area (Å²) in [6.45, 7) is 5.02. The molecule has 0 saturated carbocycles. The summed E-state index contributed by atoms with van der Waals surface area (Å²) in [5.74, 6) is -0.202. The molecule has 0 radical (unpaired) electrons. The van der Waals surface area contributed by atoms with Gasteiger partial charge in [-0.05, 0) is 37.6 Å². The Labute approximate surface area is 168 Å². The van der Waals surface area contributed by atoms with Gasteiger partial charge in [-0.25, -0.2) is 18.7 Å². The second-order valence-corrected chi connectivity index (χ2v) is 7.64. The zero-order valence-corrected chi connectivity index (χ0v) is 16.7. The van der Waals surface area contributed by atoms with Crippen LogP contribution in [0, 0.1) is 19.7 Å². The fourth-order valence-corrected chi connectivity index (χ4v) is 3.34. The van der Waals surface area contributed by atoms with E-state index in [0.29, 0.717) is 31.0 Å². The molecule has 2 aromatic rings. The maximum Gasteiger partial charge on any atom is 0.253 e. The molecule has 1 N–H and O–H groups in total. The number of benzene rings is 1. The normalized spacial score (nSPS) is 16.2. The number of amides is 1. The number of likely N-dealkylation sites (tertiary alicyclic amines) is 1. The van der Waals surface area contributed by atoms with E-state index in [0.717, 1.165) is 17.3 Å². The molecule has 1 aromatic heterocycles. The van der Waals surface area contributed by atoms with Gasteiger partial charge in [0.2, 0.25) is 0 Å². The van der Waals surface area contributed by atoms with Crippen molar-refractivity contribution >= 4 is 17.5 Å². The van der Waals surface area contributed by atoms with Crippen molar-refractivity contribution in [2.75, 3.05) is 19.6 Å². The fraction of sp³-hybridized carbons (Fsp3) is 0.450. The van der Waals surface area contributed by atoms with E-state index in [1.165, 1.54) is 12.1 Å².